The molecule has 0 spiro atoms. The molecule has 1 amide bonds. The Balaban J connectivity index is 1.44. The monoisotopic (exact) mass is 383 g/mol. The fraction of sp³-hybridized carbons (Fsp3) is 0.455. The van der Waals surface area contributed by atoms with Gasteiger partial charge < -0.3 is 19.7 Å². The summed E-state index contributed by atoms with van der Waals surface area (Å²) in [5, 5.41) is 2.87. The van der Waals surface area contributed by atoms with E-state index >= 15 is 0 Å². The molecular weight excluding hydrogens is 354 g/mol. The molecule has 1 saturated heterocycles. The number of carbonyl (C=O) groups is 1. The van der Waals surface area contributed by atoms with Crippen LogP contribution >= 0.6 is 0 Å². The van der Waals surface area contributed by atoms with Gasteiger partial charge in [0.05, 0.1) is 13.2 Å². The zero-order valence-corrected chi connectivity index (χ0v) is 16.9. The van der Waals surface area contributed by atoms with E-state index in [0.29, 0.717) is 18.2 Å². The van der Waals surface area contributed by atoms with E-state index < -0.39 is 0 Å². The molecule has 0 saturated carbocycles. The van der Waals surface area contributed by atoms with Crippen LogP contribution in [-0.2, 0) is 16.1 Å². The van der Waals surface area contributed by atoms with E-state index in [1.807, 2.05) is 24.3 Å². The summed E-state index contributed by atoms with van der Waals surface area (Å²) in [5.74, 6) is 1.99. The third-order valence-electron chi connectivity index (χ3n) is 4.87. The SMILES string of the molecule is Cc1cc(OCC(=O)NCc2ccc(N3CCOCC3)nc2)ccc1C(C)C. The predicted octanol–water partition coefficient (Wildman–Crippen LogP) is 3.05. The minimum absolute atomic E-state index is 0.000243. The van der Waals surface area contributed by atoms with Gasteiger partial charge in [0.2, 0.25) is 0 Å². The van der Waals surface area contributed by atoms with Crippen molar-refractivity contribution in [3.63, 3.8) is 0 Å². The van der Waals surface area contributed by atoms with Crippen LogP contribution in [0.1, 0.15) is 36.5 Å². The van der Waals surface area contributed by atoms with Gasteiger partial charge in [-0.25, -0.2) is 4.98 Å². The number of amides is 1. The fourth-order valence-corrected chi connectivity index (χ4v) is 3.29. The minimum atomic E-state index is -0.150. The fourth-order valence-electron chi connectivity index (χ4n) is 3.29. The smallest absolute Gasteiger partial charge is 0.258 e. The first-order chi connectivity index (χ1) is 13.5. The molecule has 2 heterocycles. The Morgan fingerprint density at radius 2 is 2.04 bits per heavy atom. The summed E-state index contributed by atoms with van der Waals surface area (Å²) in [6.07, 6.45) is 1.81. The molecule has 0 unspecified atom stereocenters. The van der Waals surface area contributed by atoms with Crippen LogP contribution < -0.4 is 15.0 Å². The Labute approximate surface area is 166 Å². The molecule has 1 aromatic carbocycles. The van der Waals surface area contributed by atoms with Crippen molar-refractivity contribution in [2.75, 3.05) is 37.8 Å². The summed E-state index contributed by atoms with van der Waals surface area (Å²) in [7, 11) is 0. The van der Waals surface area contributed by atoms with E-state index in [2.05, 4.69) is 42.0 Å². The number of aromatic nitrogens is 1. The molecule has 0 aliphatic carbocycles. The van der Waals surface area contributed by atoms with Gasteiger partial charge in [0, 0.05) is 25.8 Å². The van der Waals surface area contributed by atoms with Crippen molar-refractivity contribution < 1.29 is 14.3 Å². The molecule has 6 nitrogen and oxygen atoms in total. The highest BCUT2D eigenvalue weighted by Crippen LogP contribution is 2.23. The van der Waals surface area contributed by atoms with Gasteiger partial charge >= 0.3 is 0 Å². The molecule has 0 radical (unpaired) electrons. The summed E-state index contributed by atoms with van der Waals surface area (Å²) in [6, 6.07) is 9.95. The van der Waals surface area contributed by atoms with Gasteiger partial charge in [0.15, 0.2) is 6.61 Å². The number of ether oxygens (including phenoxy) is 2. The van der Waals surface area contributed by atoms with Crippen LogP contribution in [0.2, 0.25) is 0 Å². The molecule has 150 valence electrons. The van der Waals surface area contributed by atoms with Crippen LogP contribution in [0.3, 0.4) is 0 Å². The van der Waals surface area contributed by atoms with Gasteiger partial charge in [-0.1, -0.05) is 26.0 Å². The molecule has 28 heavy (non-hydrogen) atoms. The lowest BCUT2D eigenvalue weighted by Gasteiger charge is -2.27. The van der Waals surface area contributed by atoms with Crippen molar-refractivity contribution in [3.8, 4) is 5.75 Å². The van der Waals surface area contributed by atoms with E-state index in [-0.39, 0.29) is 12.5 Å². The van der Waals surface area contributed by atoms with E-state index in [0.717, 1.165) is 37.7 Å². The molecule has 1 aliphatic heterocycles. The second-order valence-corrected chi connectivity index (χ2v) is 7.36. The van der Waals surface area contributed by atoms with E-state index in [4.69, 9.17) is 9.47 Å². The third-order valence-corrected chi connectivity index (χ3v) is 4.87. The predicted molar refractivity (Wildman–Crippen MR) is 110 cm³/mol. The summed E-state index contributed by atoms with van der Waals surface area (Å²) >= 11 is 0. The molecule has 1 aliphatic rings. The highest BCUT2D eigenvalue weighted by molar-refractivity contribution is 5.77. The number of hydrogen-bond acceptors (Lipinski definition) is 5. The summed E-state index contributed by atoms with van der Waals surface area (Å²) in [4.78, 5) is 18.8. The molecule has 1 N–H and O–H groups in total. The van der Waals surface area contributed by atoms with Gasteiger partial charge in [0.25, 0.3) is 5.91 Å². The molecule has 6 heteroatoms. The third kappa shape index (κ3) is 5.45. The number of aryl methyl sites for hydroxylation is 1. The van der Waals surface area contributed by atoms with Crippen LogP contribution in [0.4, 0.5) is 5.82 Å². The molecule has 1 fully saturated rings. The first-order valence-electron chi connectivity index (χ1n) is 9.80. The Morgan fingerprint density at radius 1 is 1.25 bits per heavy atom. The standard InChI is InChI=1S/C22H29N3O3/c1-16(2)20-6-5-19(12-17(20)3)28-15-22(26)24-14-18-4-7-21(23-13-18)25-8-10-27-11-9-25/h4-7,12-13,16H,8-11,14-15H2,1-3H3,(H,24,26). The highest BCUT2D eigenvalue weighted by Gasteiger charge is 2.12. The Morgan fingerprint density at radius 3 is 2.68 bits per heavy atom. The number of pyridine rings is 1. The average molecular weight is 383 g/mol. The molecule has 0 bridgehead atoms. The van der Waals surface area contributed by atoms with Crippen LogP contribution in [0.15, 0.2) is 36.5 Å². The number of nitrogens with one attached hydrogen (secondary N) is 1. The van der Waals surface area contributed by atoms with Crippen molar-refractivity contribution >= 4 is 11.7 Å². The lowest BCUT2D eigenvalue weighted by atomic mass is 9.98. The quantitative estimate of drug-likeness (QED) is 0.796. The largest absolute Gasteiger partial charge is 0.484 e. The number of hydrogen-bond donors (Lipinski definition) is 1. The van der Waals surface area contributed by atoms with Gasteiger partial charge in [-0.2, -0.15) is 0 Å². The summed E-state index contributed by atoms with van der Waals surface area (Å²) in [6.45, 7) is 10.0. The lowest BCUT2D eigenvalue weighted by Crippen LogP contribution is -2.36. The molecule has 3 rings (SSSR count). The van der Waals surface area contributed by atoms with Crippen molar-refractivity contribution in [2.24, 2.45) is 0 Å². The first kappa shape index (κ1) is 20.1. The Kier molecular flexibility index (Phi) is 6.87. The number of anilines is 1. The average Bonchev–Trinajstić information content (AvgIpc) is 2.71. The highest BCUT2D eigenvalue weighted by atomic mass is 16.5. The molecular formula is C22H29N3O3. The van der Waals surface area contributed by atoms with Crippen LogP contribution in [0.5, 0.6) is 5.75 Å². The maximum absolute atomic E-state index is 12.1. The van der Waals surface area contributed by atoms with Gasteiger partial charge in [0.1, 0.15) is 11.6 Å². The minimum Gasteiger partial charge on any atom is -0.484 e. The topological polar surface area (TPSA) is 63.7 Å². The number of carbonyl (C=O) groups excluding carboxylic acids is 1. The summed E-state index contributed by atoms with van der Waals surface area (Å²) in [5.41, 5.74) is 3.44. The number of nitrogens with zero attached hydrogens (tertiary/aromatic N) is 2. The molecule has 0 atom stereocenters. The zero-order chi connectivity index (χ0) is 19.9. The zero-order valence-electron chi connectivity index (χ0n) is 16.9. The number of morpholine rings is 1. The first-order valence-corrected chi connectivity index (χ1v) is 9.80. The van der Waals surface area contributed by atoms with Crippen molar-refractivity contribution in [1.29, 1.82) is 0 Å². The summed E-state index contributed by atoms with van der Waals surface area (Å²) < 4.78 is 11.0. The van der Waals surface area contributed by atoms with Gasteiger partial charge in [-0.05, 0) is 47.7 Å². The lowest BCUT2D eigenvalue weighted by molar-refractivity contribution is -0.123. The van der Waals surface area contributed by atoms with Crippen molar-refractivity contribution in [2.45, 2.75) is 33.2 Å². The van der Waals surface area contributed by atoms with Crippen LogP contribution in [0, 0.1) is 6.92 Å². The van der Waals surface area contributed by atoms with E-state index in [1.165, 1.54) is 11.1 Å². The molecule has 1 aromatic heterocycles. The second-order valence-electron chi connectivity index (χ2n) is 7.36. The van der Waals surface area contributed by atoms with Gasteiger partial charge in [-0.3, -0.25) is 4.79 Å². The normalized spacial score (nSPS) is 14.2. The van der Waals surface area contributed by atoms with Gasteiger partial charge in [-0.15, -0.1) is 0 Å². The van der Waals surface area contributed by atoms with E-state index in [9.17, 15) is 4.79 Å². The van der Waals surface area contributed by atoms with Crippen LogP contribution in [0.25, 0.3) is 0 Å². The second kappa shape index (κ2) is 9.55. The van der Waals surface area contributed by atoms with E-state index in [1.54, 1.807) is 6.20 Å². The molecule has 2 aromatic rings. The number of rotatable bonds is 7. The maximum atomic E-state index is 12.1. The van der Waals surface area contributed by atoms with Crippen molar-refractivity contribution in [1.82, 2.24) is 10.3 Å². The number of benzene rings is 1. The Hall–Kier alpha value is -2.60. The Bertz CT molecular complexity index is 784. The van der Waals surface area contributed by atoms with Crippen LogP contribution in [-0.4, -0.2) is 43.8 Å². The van der Waals surface area contributed by atoms with Crippen molar-refractivity contribution in [3.05, 3.63) is 53.2 Å². The maximum Gasteiger partial charge on any atom is 0.258 e.